The number of anilines is 2. The molecule has 0 aromatic heterocycles. The number of ether oxygens (including phenoxy) is 1. The molecule has 0 radical (unpaired) electrons. The number of piperazine rings is 1. The number of hydrogen-bond donors (Lipinski definition) is 1. The van der Waals surface area contributed by atoms with Gasteiger partial charge in [0, 0.05) is 49.0 Å². The minimum Gasteiger partial charge on any atom is -0.495 e. The summed E-state index contributed by atoms with van der Waals surface area (Å²) in [4.78, 5) is 16.1. The van der Waals surface area contributed by atoms with Crippen LogP contribution >= 0.6 is 11.6 Å². The number of carbonyl (C=O) groups excluding carboxylic acids is 1. The van der Waals surface area contributed by atoms with Crippen LogP contribution in [0.3, 0.4) is 0 Å². The topological polar surface area (TPSA) is 44.8 Å². The lowest BCUT2D eigenvalue weighted by Crippen LogP contribution is -2.50. The summed E-state index contributed by atoms with van der Waals surface area (Å²) in [6.07, 6.45) is 0. The maximum atomic E-state index is 13.3. The monoisotopic (exact) mass is 395 g/mol. The molecule has 2 aromatic rings. The summed E-state index contributed by atoms with van der Waals surface area (Å²) in [5.41, 5.74) is 2.10. The molecule has 0 spiro atoms. The molecule has 2 amide bonds. The van der Waals surface area contributed by atoms with Crippen LogP contribution in [0.5, 0.6) is 5.75 Å². The van der Waals surface area contributed by atoms with E-state index in [1.54, 1.807) is 18.1 Å². The summed E-state index contributed by atoms with van der Waals surface area (Å²) in [5, 5.41) is 3.23. The molecular weight excluding hydrogens is 376 g/mol. The van der Waals surface area contributed by atoms with E-state index in [-0.39, 0.29) is 11.7 Å². The Morgan fingerprint density at radius 1 is 1.11 bits per heavy atom. The van der Waals surface area contributed by atoms with E-state index >= 15 is 0 Å². The maximum Gasteiger partial charge on any atom is 0.321 e. The lowest BCUT2D eigenvalue weighted by Gasteiger charge is -2.36. The van der Waals surface area contributed by atoms with E-state index < -0.39 is 11.6 Å². The molecule has 1 N–H and O–H groups in total. The molecule has 1 fully saturated rings. The first-order valence-electron chi connectivity index (χ1n) is 8.49. The maximum absolute atomic E-state index is 13.3. The molecule has 5 nitrogen and oxygen atoms in total. The quantitative estimate of drug-likeness (QED) is 0.843. The second-order valence-corrected chi connectivity index (χ2v) is 6.71. The molecule has 0 saturated carbocycles. The van der Waals surface area contributed by atoms with Crippen LogP contribution in [-0.2, 0) is 0 Å². The predicted molar refractivity (Wildman–Crippen MR) is 102 cm³/mol. The van der Waals surface area contributed by atoms with Crippen molar-refractivity contribution in [1.29, 1.82) is 0 Å². The zero-order chi connectivity index (χ0) is 19.6. The Balaban J connectivity index is 1.64. The molecule has 27 heavy (non-hydrogen) atoms. The fraction of sp³-hybridized carbons (Fsp3) is 0.316. The minimum atomic E-state index is -0.997. The first-order valence-corrected chi connectivity index (χ1v) is 8.87. The summed E-state index contributed by atoms with van der Waals surface area (Å²) in [5.74, 6) is -1.26. The van der Waals surface area contributed by atoms with E-state index in [9.17, 15) is 13.6 Å². The molecule has 3 rings (SSSR count). The zero-order valence-corrected chi connectivity index (χ0v) is 15.8. The number of rotatable bonds is 3. The number of carbonyl (C=O) groups is 1. The van der Waals surface area contributed by atoms with Gasteiger partial charge in [-0.05, 0) is 30.7 Å². The number of nitrogens with zero attached hydrogens (tertiary/aromatic N) is 2. The molecule has 0 aliphatic carbocycles. The molecule has 1 aliphatic rings. The highest BCUT2D eigenvalue weighted by atomic mass is 35.5. The third kappa shape index (κ3) is 4.24. The lowest BCUT2D eigenvalue weighted by atomic mass is 10.1. The number of benzene rings is 2. The first-order chi connectivity index (χ1) is 12.9. The average Bonchev–Trinajstić information content (AvgIpc) is 2.66. The van der Waals surface area contributed by atoms with Crippen LogP contribution in [0.4, 0.5) is 25.0 Å². The van der Waals surface area contributed by atoms with Crippen LogP contribution < -0.4 is 15.0 Å². The normalized spacial score (nSPS) is 14.3. The van der Waals surface area contributed by atoms with E-state index in [0.717, 1.165) is 23.4 Å². The highest BCUT2D eigenvalue weighted by Crippen LogP contribution is 2.34. The molecule has 1 saturated heterocycles. The smallest absolute Gasteiger partial charge is 0.321 e. The van der Waals surface area contributed by atoms with Gasteiger partial charge in [-0.3, -0.25) is 0 Å². The second-order valence-electron chi connectivity index (χ2n) is 6.31. The van der Waals surface area contributed by atoms with Crippen LogP contribution in [0.25, 0.3) is 0 Å². The van der Waals surface area contributed by atoms with Crippen LogP contribution in [0.1, 0.15) is 5.56 Å². The number of urea groups is 1. The fourth-order valence-electron chi connectivity index (χ4n) is 2.99. The Labute approximate surface area is 161 Å². The van der Waals surface area contributed by atoms with Crippen molar-refractivity contribution in [2.24, 2.45) is 0 Å². The van der Waals surface area contributed by atoms with Crippen LogP contribution in [-0.4, -0.2) is 44.2 Å². The third-order valence-corrected chi connectivity index (χ3v) is 4.95. The van der Waals surface area contributed by atoms with E-state index in [2.05, 4.69) is 10.2 Å². The number of hydrogen-bond acceptors (Lipinski definition) is 3. The fourth-order valence-corrected chi connectivity index (χ4v) is 3.14. The summed E-state index contributed by atoms with van der Waals surface area (Å²) < 4.78 is 31.7. The number of amides is 2. The number of nitrogens with one attached hydrogen (secondary N) is 1. The van der Waals surface area contributed by atoms with Gasteiger partial charge in [0.2, 0.25) is 0 Å². The summed E-state index contributed by atoms with van der Waals surface area (Å²) in [7, 11) is 1.59. The van der Waals surface area contributed by atoms with E-state index in [1.165, 1.54) is 6.07 Å². The van der Waals surface area contributed by atoms with Crippen molar-refractivity contribution in [2.75, 3.05) is 43.5 Å². The number of aryl methyl sites for hydroxylation is 1. The average molecular weight is 396 g/mol. The van der Waals surface area contributed by atoms with Gasteiger partial charge < -0.3 is 19.9 Å². The Hall–Kier alpha value is -2.54. The minimum absolute atomic E-state index is 0.219. The standard InChI is InChI=1S/C19H20ClF2N3O2/c1-12-9-17(18(27-2)11-14(12)20)24-5-7-25(8-6-24)19(26)23-13-3-4-15(21)16(22)10-13/h3-4,9-11H,5-8H2,1-2H3,(H,23,26). The van der Waals surface area contributed by atoms with Gasteiger partial charge in [0.25, 0.3) is 0 Å². The van der Waals surface area contributed by atoms with E-state index in [0.29, 0.717) is 37.0 Å². The molecule has 0 bridgehead atoms. The molecule has 1 aliphatic heterocycles. The highest BCUT2D eigenvalue weighted by Gasteiger charge is 2.24. The SMILES string of the molecule is COc1cc(Cl)c(C)cc1N1CCN(C(=O)Nc2ccc(F)c(F)c2)CC1. The molecule has 0 atom stereocenters. The summed E-state index contributed by atoms with van der Waals surface area (Å²) in [6.45, 7) is 4.13. The van der Waals surface area contributed by atoms with Crippen molar-refractivity contribution in [3.8, 4) is 5.75 Å². The van der Waals surface area contributed by atoms with Crippen molar-refractivity contribution in [1.82, 2.24) is 4.90 Å². The summed E-state index contributed by atoms with van der Waals surface area (Å²) in [6, 6.07) is 6.68. The van der Waals surface area contributed by atoms with Crippen LogP contribution in [0.15, 0.2) is 30.3 Å². The number of halogens is 3. The van der Waals surface area contributed by atoms with E-state index in [1.807, 2.05) is 13.0 Å². The van der Waals surface area contributed by atoms with Crippen molar-refractivity contribution >= 4 is 29.0 Å². The Morgan fingerprint density at radius 3 is 2.44 bits per heavy atom. The second kappa shape index (κ2) is 8.00. The Morgan fingerprint density at radius 2 is 1.81 bits per heavy atom. The van der Waals surface area contributed by atoms with Gasteiger partial charge in [-0.2, -0.15) is 0 Å². The largest absolute Gasteiger partial charge is 0.495 e. The first kappa shape index (κ1) is 19.2. The van der Waals surface area contributed by atoms with Crippen molar-refractivity contribution in [3.63, 3.8) is 0 Å². The Bertz CT molecular complexity index is 855. The van der Waals surface area contributed by atoms with Gasteiger partial charge >= 0.3 is 6.03 Å². The highest BCUT2D eigenvalue weighted by molar-refractivity contribution is 6.31. The lowest BCUT2D eigenvalue weighted by molar-refractivity contribution is 0.208. The molecule has 8 heteroatoms. The van der Waals surface area contributed by atoms with Gasteiger partial charge in [-0.15, -0.1) is 0 Å². The molecule has 2 aromatic carbocycles. The van der Waals surface area contributed by atoms with Crippen molar-refractivity contribution in [2.45, 2.75) is 6.92 Å². The van der Waals surface area contributed by atoms with E-state index in [4.69, 9.17) is 16.3 Å². The van der Waals surface area contributed by atoms with Crippen LogP contribution in [0, 0.1) is 18.6 Å². The van der Waals surface area contributed by atoms with Gasteiger partial charge in [0.1, 0.15) is 5.75 Å². The molecule has 144 valence electrons. The number of methoxy groups -OCH3 is 1. The molecular formula is C19H20ClF2N3O2. The van der Waals surface area contributed by atoms with Gasteiger partial charge in [-0.25, -0.2) is 13.6 Å². The van der Waals surface area contributed by atoms with Crippen molar-refractivity contribution < 1.29 is 18.3 Å². The molecule has 1 heterocycles. The van der Waals surface area contributed by atoms with Crippen molar-refractivity contribution in [3.05, 3.63) is 52.6 Å². The zero-order valence-electron chi connectivity index (χ0n) is 15.1. The predicted octanol–water partition coefficient (Wildman–Crippen LogP) is 4.29. The van der Waals surface area contributed by atoms with Gasteiger partial charge in [-0.1, -0.05) is 11.6 Å². The molecule has 0 unspecified atom stereocenters. The van der Waals surface area contributed by atoms with Crippen LogP contribution in [0.2, 0.25) is 5.02 Å². The van der Waals surface area contributed by atoms with Gasteiger partial charge in [0.05, 0.1) is 12.8 Å². The third-order valence-electron chi connectivity index (χ3n) is 4.54. The summed E-state index contributed by atoms with van der Waals surface area (Å²) >= 11 is 6.16. The van der Waals surface area contributed by atoms with Gasteiger partial charge in [0.15, 0.2) is 11.6 Å². The Kier molecular flexibility index (Phi) is 5.70.